The van der Waals surface area contributed by atoms with Crippen molar-refractivity contribution in [2.75, 3.05) is 13.1 Å². The molecule has 0 spiro atoms. The van der Waals surface area contributed by atoms with Gasteiger partial charge < -0.3 is 9.72 Å². The van der Waals surface area contributed by atoms with Gasteiger partial charge in [-0.15, -0.1) is 0 Å². The number of hydrogen-bond acceptors (Lipinski definition) is 3. The van der Waals surface area contributed by atoms with E-state index < -0.39 is 0 Å². The van der Waals surface area contributed by atoms with E-state index in [0.29, 0.717) is 11.1 Å². The van der Waals surface area contributed by atoms with E-state index in [2.05, 4.69) is 9.88 Å². The molecule has 3 aliphatic rings. The molecule has 4 heterocycles. The number of hydrogen-bond donors (Lipinski definition) is 1. The van der Waals surface area contributed by atoms with E-state index >= 15 is 0 Å². The smallest absolute Gasteiger partial charge is 0.326 e. The van der Waals surface area contributed by atoms with Gasteiger partial charge in [0.2, 0.25) is 0 Å². The third-order valence-corrected chi connectivity index (χ3v) is 6.42. The molecule has 0 atom stereocenters. The number of nitrogens with zero attached hydrogens (tertiary/aromatic N) is 2. The zero-order chi connectivity index (χ0) is 16.3. The first-order chi connectivity index (χ1) is 11.6. The van der Waals surface area contributed by atoms with Crippen LogP contribution in [0.2, 0.25) is 5.02 Å². The Kier molecular flexibility index (Phi) is 3.34. The second-order valence-corrected chi connectivity index (χ2v) is 7.88. The SMILES string of the molecule is O=c1[nH]c2cc(Cl)ccc2n1C1CCN(C23CCC(CC2)O3)CC1. The number of nitrogens with one attached hydrogen (secondary N) is 1. The molecule has 0 saturated carbocycles. The van der Waals surface area contributed by atoms with Crippen molar-refractivity contribution in [3.63, 3.8) is 0 Å². The number of halogens is 1. The fraction of sp³-hybridized carbons (Fsp3) is 0.611. The first kappa shape index (κ1) is 15.0. The number of fused-ring (bicyclic) bond motifs is 3. The van der Waals surface area contributed by atoms with Gasteiger partial charge >= 0.3 is 5.69 Å². The van der Waals surface area contributed by atoms with E-state index in [9.17, 15) is 4.79 Å². The van der Waals surface area contributed by atoms with Gasteiger partial charge in [0.1, 0.15) is 5.72 Å². The number of ether oxygens (including phenoxy) is 1. The summed E-state index contributed by atoms with van der Waals surface area (Å²) in [6.07, 6.45) is 7.24. The summed E-state index contributed by atoms with van der Waals surface area (Å²) in [6, 6.07) is 5.88. The molecule has 0 amide bonds. The van der Waals surface area contributed by atoms with E-state index in [0.717, 1.165) is 37.0 Å². The maximum Gasteiger partial charge on any atom is 0.326 e. The summed E-state index contributed by atoms with van der Waals surface area (Å²) in [6.45, 7) is 2.01. The first-order valence-corrected chi connectivity index (χ1v) is 9.35. The molecule has 5 rings (SSSR count). The standard InChI is InChI=1S/C18H22ClN3O2/c19-12-1-2-16-15(11-12)20-17(23)22(16)13-5-9-21(10-6-13)18-7-3-14(24-18)4-8-18/h1-2,11,13-14H,3-10H2,(H,20,23). The molecule has 3 aliphatic heterocycles. The molecule has 5 nitrogen and oxygen atoms in total. The van der Waals surface area contributed by atoms with Gasteiger partial charge in [-0.05, 0) is 56.7 Å². The van der Waals surface area contributed by atoms with E-state index in [-0.39, 0.29) is 17.5 Å². The van der Waals surface area contributed by atoms with Crippen molar-refractivity contribution in [3.05, 3.63) is 33.7 Å². The zero-order valence-corrected chi connectivity index (χ0v) is 14.4. The lowest BCUT2D eigenvalue weighted by Crippen LogP contribution is -2.51. The van der Waals surface area contributed by atoms with Crippen LogP contribution in [0.15, 0.2) is 23.0 Å². The van der Waals surface area contributed by atoms with Crippen LogP contribution in [0.5, 0.6) is 0 Å². The van der Waals surface area contributed by atoms with Crippen LogP contribution < -0.4 is 5.69 Å². The Morgan fingerprint density at radius 2 is 1.92 bits per heavy atom. The van der Waals surface area contributed by atoms with Crippen molar-refractivity contribution in [1.82, 2.24) is 14.5 Å². The molecule has 0 aliphatic carbocycles. The number of aromatic amines is 1. The van der Waals surface area contributed by atoms with Crippen molar-refractivity contribution in [2.45, 2.75) is 56.4 Å². The number of rotatable bonds is 2. The topological polar surface area (TPSA) is 50.3 Å². The number of H-pyrrole nitrogens is 1. The molecule has 2 aromatic rings. The van der Waals surface area contributed by atoms with Crippen LogP contribution in [0.25, 0.3) is 11.0 Å². The van der Waals surface area contributed by atoms with Gasteiger partial charge in [-0.2, -0.15) is 0 Å². The summed E-state index contributed by atoms with van der Waals surface area (Å²) in [5.74, 6) is 0. The summed E-state index contributed by atoms with van der Waals surface area (Å²) in [5.41, 5.74) is 1.77. The quantitative estimate of drug-likeness (QED) is 0.907. The number of aromatic nitrogens is 2. The third-order valence-electron chi connectivity index (χ3n) is 6.18. The van der Waals surface area contributed by atoms with Crippen molar-refractivity contribution >= 4 is 22.6 Å². The minimum atomic E-state index is -0.0260. The molecule has 0 unspecified atom stereocenters. The van der Waals surface area contributed by atoms with Gasteiger partial charge in [0.05, 0.1) is 17.1 Å². The lowest BCUT2D eigenvalue weighted by Gasteiger charge is -2.42. The van der Waals surface area contributed by atoms with Crippen molar-refractivity contribution in [2.24, 2.45) is 0 Å². The third kappa shape index (κ3) is 2.18. The molecular weight excluding hydrogens is 326 g/mol. The van der Waals surface area contributed by atoms with Crippen LogP contribution in [0.3, 0.4) is 0 Å². The molecular formula is C18H22ClN3O2. The molecule has 1 aromatic heterocycles. The number of likely N-dealkylation sites (tertiary alicyclic amines) is 1. The lowest BCUT2D eigenvalue weighted by atomic mass is 9.91. The molecule has 6 heteroatoms. The normalized spacial score (nSPS) is 31.3. The van der Waals surface area contributed by atoms with E-state index in [1.54, 1.807) is 0 Å². The van der Waals surface area contributed by atoms with Gasteiger partial charge in [0.25, 0.3) is 0 Å². The molecule has 0 radical (unpaired) electrons. The van der Waals surface area contributed by atoms with Gasteiger partial charge in [-0.3, -0.25) is 9.47 Å². The highest BCUT2D eigenvalue weighted by molar-refractivity contribution is 6.31. The first-order valence-electron chi connectivity index (χ1n) is 8.97. The average Bonchev–Trinajstić information content (AvgIpc) is 3.27. The van der Waals surface area contributed by atoms with Crippen LogP contribution in [0, 0.1) is 0 Å². The lowest BCUT2D eigenvalue weighted by molar-refractivity contribution is -0.120. The van der Waals surface area contributed by atoms with Gasteiger partial charge in [0.15, 0.2) is 0 Å². The number of piperidine rings is 1. The number of imidazole rings is 1. The van der Waals surface area contributed by atoms with Gasteiger partial charge in [-0.1, -0.05) is 11.6 Å². The summed E-state index contributed by atoms with van der Waals surface area (Å²) >= 11 is 6.04. The summed E-state index contributed by atoms with van der Waals surface area (Å²) in [4.78, 5) is 17.9. The van der Waals surface area contributed by atoms with Crippen LogP contribution in [-0.2, 0) is 4.74 Å². The molecule has 1 aromatic carbocycles. The predicted octanol–water partition coefficient (Wildman–Crippen LogP) is 3.29. The van der Waals surface area contributed by atoms with Crippen LogP contribution in [0.4, 0.5) is 0 Å². The minimum absolute atomic E-state index is 0.00827. The highest BCUT2D eigenvalue weighted by atomic mass is 35.5. The van der Waals surface area contributed by atoms with Crippen LogP contribution in [-0.4, -0.2) is 39.4 Å². The zero-order valence-electron chi connectivity index (χ0n) is 13.6. The van der Waals surface area contributed by atoms with Gasteiger partial charge in [0, 0.05) is 24.2 Å². The van der Waals surface area contributed by atoms with E-state index in [4.69, 9.17) is 16.3 Å². The van der Waals surface area contributed by atoms with Crippen LogP contribution >= 0.6 is 11.6 Å². The van der Waals surface area contributed by atoms with Gasteiger partial charge in [-0.25, -0.2) is 4.79 Å². The maximum absolute atomic E-state index is 12.4. The van der Waals surface area contributed by atoms with Crippen LogP contribution in [0.1, 0.15) is 44.6 Å². The fourth-order valence-corrected chi connectivity index (χ4v) is 5.15. The Hall–Kier alpha value is -1.30. The average molecular weight is 348 g/mol. The Labute approximate surface area is 145 Å². The molecule has 2 bridgehead atoms. The molecule has 24 heavy (non-hydrogen) atoms. The van der Waals surface area contributed by atoms with E-state index in [1.807, 2.05) is 22.8 Å². The Morgan fingerprint density at radius 3 is 2.58 bits per heavy atom. The van der Waals surface area contributed by atoms with Crippen molar-refractivity contribution in [3.8, 4) is 0 Å². The highest BCUT2D eigenvalue weighted by Crippen LogP contribution is 2.47. The monoisotopic (exact) mass is 347 g/mol. The second kappa shape index (κ2) is 5.35. The molecule has 1 N–H and O–H groups in total. The second-order valence-electron chi connectivity index (χ2n) is 7.44. The van der Waals surface area contributed by atoms with Crippen molar-refractivity contribution in [1.29, 1.82) is 0 Å². The Bertz CT molecular complexity index is 826. The molecule has 3 saturated heterocycles. The highest BCUT2D eigenvalue weighted by Gasteiger charge is 2.50. The fourth-order valence-electron chi connectivity index (χ4n) is 4.98. The largest absolute Gasteiger partial charge is 0.357 e. The van der Waals surface area contributed by atoms with E-state index in [1.165, 1.54) is 25.7 Å². The Morgan fingerprint density at radius 1 is 1.17 bits per heavy atom. The number of benzene rings is 1. The molecule has 3 fully saturated rings. The molecule has 128 valence electrons. The summed E-state index contributed by atoms with van der Waals surface area (Å²) < 4.78 is 8.19. The minimum Gasteiger partial charge on any atom is -0.357 e. The maximum atomic E-state index is 12.4. The van der Waals surface area contributed by atoms with Crippen molar-refractivity contribution < 1.29 is 4.74 Å². The summed E-state index contributed by atoms with van der Waals surface area (Å²) in [7, 11) is 0. The predicted molar refractivity (Wildman–Crippen MR) is 93.5 cm³/mol. The Balaban J connectivity index is 1.39. The summed E-state index contributed by atoms with van der Waals surface area (Å²) in [5, 5.41) is 0.652.